The van der Waals surface area contributed by atoms with Crippen LogP contribution in [-0.2, 0) is 5.41 Å². The van der Waals surface area contributed by atoms with Crippen LogP contribution in [0.25, 0.3) is 72.0 Å². The topological polar surface area (TPSA) is 8.17 Å². The van der Waals surface area contributed by atoms with Gasteiger partial charge in [-0.25, -0.2) is 0 Å². The van der Waals surface area contributed by atoms with Crippen molar-refractivity contribution in [3.8, 4) is 50.2 Å². The van der Waals surface area contributed by atoms with Gasteiger partial charge in [-0.1, -0.05) is 231 Å². The lowest BCUT2D eigenvalue weighted by Crippen LogP contribution is -2.29. The minimum absolute atomic E-state index is 0.566. The Labute approximate surface area is 403 Å². The van der Waals surface area contributed by atoms with Gasteiger partial charge in [-0.3, -0.25) is 0 Å². The van der Waals surface area contributed by atoms with Crippen LogP contribution in [0.15, 0.2) is 279 Å². The highest BCUT2D eigenvalue weighted by atomic mass is 15.1. The third-order valence-corrected chi connectivity index (χ3v) is 14.3. The second kappa shape index (κ2) is 16.7. The van der Waals surface area contributed by atoms with Gasteiger partial charge in [-0.2, -0.15) is 0 Å². The molecule has 0 saturated carbocycles. The van der Waals surface area contributed by atoms with Gasteiger partial charge in [0.2, 0.25) is 0 Å². The Hall–Kier alpha value is -8.98. The molecule has 1 heterocycles. The van der Waals surface area contributed by atoms with Gasteiger partial charge >= 0.3 is 0 Å². The van der Waals surface area contributed by atoms with Crippen molar-refractivity contribution in [2.24, 2.45) is 0 Å². The molecule has 0 fully saturated rings. The number of nitrogens with zero attached hydrogens (tertiary/aromatic N) is 2. The Morgan fingerprint density at radius 3 is 1.54 bits per heavy atom. The summed E-state index contributed by atoms with van der Waals surface area (Å²) in [6, 6.07) is 102. The van der Waals surface area contributed by atoms with E-state index < -0.39 is 5.41 Å². The maximum Gasteiger partial charge on any atom is 0.0734 e. The fourth-order valence-electron chi connectivity index (χ4n) is 11.4. The zero-order chi connectivity index (χ0) is 45.7. The van der Waals surface area contributed by atoms with Crippen molar-refractivity contribution < 1.29 is 0 Å². The summed E-state index contributed by atoms with van der Waals surface area (Å²) in [4.78, 5) is 2.39. The number of anilines is 3. The predicted octanol–water partition coefficient (Wildman–Crippen LogP) is 17.6. The molecule has 2 nitrogen and oxygen atoms in total. The molecule has 0 N–H and O–H groups in total. The summed E-state index contributed by atoms with van der Waals surface area (Å²) in [6.45, 7) is 0. The summed E-state index contributed by atoms with van der Waals surface area (Å²) < 4.78 is 2.55. The largest absolute Gasteiger partial charge is 0.310 e. The van der Waals surface area contributed by atoms with E-state index in [0.717, 1.165) is 28.2 Å². The fourth-order valence-corrected chi connectivity index (χ4v) is 11.4. The van der Waals surface area contributed by atoms with Crippen LogP contribution in [0.5, 0.6) is 0 Å². The number of para-hydroxylation sites is 3. The lowest BCUT2D eigenvalue weighted by Gasteiger charge is -2.35. The van der Waals surface area contributed by atoms with Crippen LogP contribution in [0.3, 0.4) is 0 Å². The van der Waals surface area contributed by atoms with Crippen molar-refractivity contribution >= 4 is 38.9 Å². The Morgan fingerprint density at radius 2 is 0.812 bits per heavy atom. The van der Waals surface area contributed by atoms with Gasteiger partial charge in [0.15, 0.2) is 0 Å². The van der Waals surface area contributed by atoms with Crippen LogP contribution in [0.1, 0.15) is 22.3 Å². The van der Waals surface area contributed by atoms with Gasteiger partial charge in [0.1, 0.15) is 0 Å². The molecule has 1 aliphatic carbocycles. The summed E-state index contributed by atoms with van der Waals surface area (Å²) >= 11 is 0. The van der Waals surface area contributed by atoms with Crippen molar-refractivity contribution in [2.75, 3.05) is 4.90 Å². The second-order valence-corrected chi connectivity index (χ2v) is 18.0. The van der Waals surface area contributed by atoms with Crippen molar-refractivity contribution in [3.63, 3.8) is 0 Å². The number of hydrogen-bond donors (Lipinski definition) is 0. The molecule has 12 aromatic rings. The van der Waals surface area contributed by atoms with E-state index in [0.29, 0.717) is 0 Å². The minimum atomic E-state index is -0.566. The van der Waals surface area contributed by atoms with E-state index in [1.54, 1.807) is 0 Å². The van der Waals surface area contributed by atoms with Crippen molar-refractivity contribution in [1.29, 1.82) is 0 Å². The Balaban J connectivity index is 1.02. The third-order valence-electron chi connectivity index (χ3n) is 14.3. The molecule has 324 valence electrons. The summed E-state index contributed by atoms with van der Waals surface area (Å²) in [7, 11) is 0. The maximum atomic E-state index is 2.55. The van der Waals surface area contributed by atoms with Crippen LogP contribution < -0.4 is 4.90 Å². The van der Waals surface area contributed by atoms with Crippen LogP contribution in [0, 0.1) is 0 Å². The zero-order valence-electron chi connectivity index (χ0n) is 38.0. The molecule has 2 heteroatoms. The van der Waals surface area contributed by atoms with Crippen LogP contribution in [0.2, 0.25) is 0 Å². The van der Waals surface area contributed by atoms with Gasteiger partial charge in [0, 0.05) is 33.3 Å². The Bertz CT molecular complexity index is 3780. The molecular weight excluding hydrogens is 833 g/mol. The normalized spacial score (nSPS) is 12.5. The Kier molecular flexibility index (Phi) is 9.77. The summed E-state index contributed by atoms with van der Waals surface area (Å²) in [5, 5.41) is 2.45. The highest BCUT2D eigenvalue weighted by molar-refractivity contribution is 6.11. The molecule has 0 radical (unpaired) electrons. The predicted molar refractivity (Wildman–Crippen MR) is 289 cm³/mol. The van der Waals surface area contributed by atoms with E-state index in [1.165, 1.54) is 83.1 Å². The molecule has 0 bridgehead atoms. The zero-order valence-corrected chi connectivity index (χ0v) is 38.0. The molecule has 11 aromatic carbocycles. The van der Waals surface area contributed by atoms with E-state index in [9.17, 15) is 0 Å². The molecular formula is C67H46N2. The Morgan fingerprint density at radius 1 is 0.304 bits per heavy atom. The van der Waals surface area contributed by atoms with E-state index in [4.69, 9.17) is 0 Å². The monoisotopic (exact) mass is 878 g/mol. The lowest BCUT2D eigenvalue weighted by molar-refractivity contribution is 0.762. The lowest BCUT2D eigenvalue weighted by atomic mass is 9.67. The molecule has 0 saturated heterocycles. The average Bonchev–Trinajstić information content (AvgIpc) is 3.93. The van der Waals surface area contributed by atoms with Crippen LogP contribution in [-0.4, -0.2) is 4.57 Å². The first-order valence-corrected chi connectivity index (χ1v) is 23.8. The maximum absolute atomic E-state index is 2.55. The van der Waals surface area contributed by atoms with Crippen molar-refractivity contribution in [2.45, 2.75) is 5.41 Å². The van der Waals surface area contributed by atoms with E-state index in [2.05, 4.69) is 289 Å². The molecule has 69 heavy (non-hydrogen) atoms. The molecule has 13 rings (SSSR count). The molecule has 0 atom stereocenters. The average molecular weight is 879 g/mol. The summed E-state index contributed by atoms with van der Waals surface area (Å²) in [5.74, 6) is 0. The SMILES string of the molecule is c1ccc(-c2ccc(N(c3ccccc3)c3ccccc3-c3ccccc3-c3ccc4c5ccccc5n(-c5cccc6c5C(c5ccccc5)(c5ccccc5)c5ccccc5-6)c4c3)cc2)cc1. The standard InChI is InChI=1S/C67H46N2/c1-5-22-47(23-6-1)48-40-43-53(44-41-48)68(52-28-11-4-12-29-52)62-37-19-16-33-57(62)55-31-14-13-30-54(55)49-42-45-59-58-34-17-20-38-63(58)69(65(59)46-49)64-39-21-35-60-56-32-15-18-36-61(56)67(66(60)64,50-24-7-2-8-25-50)51-26-9-3-10-27-51/h1-46H. The van der Waals surface area contributed by atoms with Gasteiger partial charge in [-0.05, 0) is 104 Å². The highest BCUT2D eigenvalue weighted by Gasteiger charge is 2.48. The summed E-state index contributed by atoms with van der Waals surface area (Å²) in [6.07, 6.45) is 0. The first kappa shape index (κ1) is 40.3. The first-order chi connectivity index (χ1) is 34.3. The number of aromatic nitrogens is 1. The highest BCUT2D eigenvalue weighted by Crippen LogP contribution is 2.58. The molecule has 1 aliphatic rings. The number of hydrogen-bond acceptors (Lipinski definition) is 1. The van der Waals surface area contributed by atoms with Crippen LogP contribution >= 0.6 is 0 Å². The van der Waals surface area contributed by atoms with Gasteiger partial charge < -0.3 is 9.47 Å². The van der Waals surface area contributed by atoms with Crippen molar-refractivity contribution in [1.82, 2.24) is 4.57 Å². The quantitative estimate of drug-likeness (QED) is 0.140. The van der Waals surface area contributed by atoms with E-state index in [1.807, 2.05) is 0 Å². The summed E-state index contributed by atoms with van der Waals surface area (Å²) in [5.41, 5.74) is 20.9. The van der Waals surface area contributed by atoms with Gasteiger partial charge in [0.05, 0.1) is 27.8 Å². The smallest absolute Gasteiger partial charge is 0.0734 e. The molecule has 0 unspecified atom stereocenters. The van der Waals surface area contributed by atoms with Crippen molar-refractivity contribution in [3.05, 3.63) is 301 Å². The molecule has 0 spiro atoms. The van der Waals surface area contributed by atoms with Gasteiger partial charge in [0.25, 0.3) is 0 Å². The van der Waals surface area contributed by atoms with Gasteiger partial charge in [-0.15, -0.1) is 0 Å². The molecule has 1 aromatic heterocycles. The van der Waals surface area contributed by atoms with Crippen LogP contribution in [0.4, 0.5) is 17.1 Å². The second-order valence-electron chi connectivity index (χ2n) is 18.0. The number of benzene rings is 11. The minimum Gasteiger partial charge on any atom is -0.310 e. The molecule has 0 aliphatic heterocycles. The van der Waals surface area contributed by atoms with E-state index in [-0.39, 0.29) is 0 Å². The third kappa shape index (κ3) is 6.48. The van der Waals surface area contributed by atoms with E-state index >= 15 is 0 Å². The molecule has 0 amide bonds. The number of rotatable bonds is 9. The number of fused-ring (bicyclic) bond motifs is 6. The first-order valence-electron chi connectivity index (χ1n) is 23.8. The fraction of sp³-hybridized carbons (Fsp3) is 0.0149.